The van der Waals surface area contributed by atoms with Crippen LogP contribution in [0.5, 0.6) is 0 Å². The molecule has 0 saturated carbocycles. The number of carbonyl (C=O) groups is 2. The summed E-state index contributed by atoms with van der Waals surface area (Å²) in [7, 11) is -16.2. The fourth-order valence-corrected chi connectivity index (χ4v) is 2.22. The van der Waals surface area contributed by atoms with Crippen molar-refractivity contribution in [3.63, 3.8) is 0 Å². The van der Waals surface area contributed by atoms with E-state index in [1.807, 2.05) is 0 Å². The zero-order valence-electron chi connectivity index (χ0n) is 9.09. The molecular formula is C4H8O13P2S. The van der Waals surface area contributed by atoms with Crippen molar-refractivity contribution in [2.45, 2.75) is 11.7 Å². The molecule has 5 N–H and O–H groups in total. The molecule has 20 heavy (non-hydrogen) atoms. The van der Waals surface area contributed by atoms with Crippen LogP contribution in [0.25, 0.3) is 0 Å². The van der Waals surface area contributed by atoms with Crippen LogP contribution in [0.1, 0.15) is 6.42 Å². The van der Waals surface area contributed by atoms with Gasteiger partial charge in [0.2, 0.25) is 0 Å². The van der Waals surface area contributed by atoms with Gasteiger partial charge in [0.05, 0.1) is 6.42 Å². The molecule has 0 spiro atoms. The molecule has 0 aromatic heterocycles. The maximum atomic E-state index is 11.1. The summed E-state index contributed by atoms with van der Waals surface area (Å²) in [4.78, 5) is 55.0. The van der Waals surface area contributed by atoms with Gasteiger partial charge >= 0.3 is 27.6 Å². The van der Waals surface area contributed by atoms with Gasteiger partial charge in [-0.2, -0.15) is 8.42 Å². The molecule has 118 valence electrons. The second-order valence-electron chi connectivity index (χ2n) is 3.06. The highest BCUT2D eigenvalue weighted by Crippen LogP contribution is 2.38. The van der Waals surface area contributed by atoms with Crippen LogP contribution in [0, 0.1) is 0 Å². The van der Waals surface area contributed by atoms with Crippen LogP contribution in [0.4, 0.5) is 0 Å². The molecule has 0 aliphatic heterocycles. The SMILES string of the molecule is O=C(CC(C(=O)OP(=O)(O)O)S(=O)(=O)O)OP(=O)(O)O. The van der Waals surface area contributed by atoms with Gasteiger partial charge < -0.3 is 9.05 Å². The predicted molar refractivity (Wildman–Crippen MR) is 56.2 cm³/mol. The van der Waals surface area contributed by atoms with Crippen LogP contribution in [0.2, 0.25) is 0 Å². The van der Waals surface area contributed by atoms with Gasteiger partial charge in [0.25, 0.3) is 10.1 Å². The van der Waals surface area contributed by atoms with Gasteiger partial charge in [-0.05, 0) is 0 Å². The van der Waals surface area contributed by atoms with Crippen molar-refractivity contribution in [2.24, 2.45) is 0 Å². The van der Waals surface area contributed by atoms with Gasteiger partial charge in [0.15, 0.2) is 5.25 Å². The average Bonchev–Trinajstić information content (AvgIpc) is 2.05. The van der Waals surface area contributed by atoms with Gasteiger partial charge in [-0.1, -0.05) is 0 Å². The topological polar surface area (TPSA) is 222 Å². The molecule has 16 heteroatoms. The average molecular weight is 358 g/mol. The molecule has 0 fully saturated rings. The minimum atomic E-state index is -5.46. The lowest BCUT2D eigenvalue weighted by Gasteiger charge is -2.13. The van der Waals surface area contributed by atoms with Gasteiger partial charge in [-0.15, -0.1) is 0 Å². The Kier molecular flexibility index (Phi) is 6.02. The summed E-state index contributed by atoms with van der Waals surface area (Å²) in [6.07, 6.45) is -1.64. The third-order valence-corrected chi connectivity index (χ3v) is 3.34. The number of rotatable bonds is 6. The molecule has 0 aromatic rings. The van der Waals surface area contributed by atoms with Crippen LogP contribution in [-0.4, -0.2) is 49.7 Å². The lowest BCUT2D eigenvalue weighted by atomic mass is 10.3. The van der Waals surface area contributed by atoms with Gasteiger partial charge in [0, 0.05) is 0 Å². The molecule has 0 bridgehead atoms. The van der Waals surface area contributed by atoms with Crippen molar-refractivity contribution in [1.82, 2.24) is 0 Å². The van der Waals surface area contributed by atoms with E-state index in [0.29, 0.717) is 0 Å². The lowest BCUT2D eigenvalue weighted by Crippen LogP contribution is -2.33. The van der Waals surface area contributed by atoms with E-state index in [1.54, 1.807) is 0 Å². The minimum absolute atomic E-state index is 1.64. The molecule has 0 amide bonds. The number of carbonyl (C=O) groups excluding carboxylic acids is 2. The van der Waals surface area contributed by atoms with E-state index >= 15 is 0 Å². The first-order valence-corrected chi connectivity index (χ1v) is 8.71. The fraction of sp³-hybridized carbons (Fsp3) is 0.500. The standard InChI is InChI=1S/C4H8O13P2S/c5-3(16-18(7,8)9)1-2(20(13,14)15)4(6)17-19(10,11)12/h2H,1H2,(H2,7,8,9)(H2,10,11,12)(H,13,14,15). The van der Waals surface area contributed by atoms with E-state index in [-0.39, 0.29) is 0 Å². The highest BCUT2D eigenvalue weighted by atomic mass is 32.2. The van der Waals surface area contributed by atoms with Crippen LogP contribution in [0.3, 0.4) is 0 Å². The molecule has 0 saturated heterocycles. The van der Waals surface area contributed by atoms with Gasteiger partial charge in [0.1, 0.15) is 0 Å². The third kappa shape index (κ3) is 8.35. The maximum absolute atomic E-state index is 11.1. The Morgan fingerprint density at radius 3 is 1.70 bits per heavy atom. The van der Waals surface area contributed by atoms with Crippen molar-refractivity contribution in [3.05, 3.63) is 0 Å². The highest BCUT2D eigenvalue weighted by Gasteiger charge is 2.40. The van der Waals surface area contributed by atoms with E-state index < -0.39 is 49.4 Å². The summed E-state index contributed by atoms with van der Waals surface area (Å²) in [5.74, 6) is -4.13. The Bertz CT molecular complexity index is 577. The van der Waals surface area contributed by atoms with E-state index in [0.717, 1.165) is 0 Å². The van der Waals surface area contributed by atoms with Crippen molar-refractivity contribution in [3.8, 4) is 0 Å². The zero-order chi connectivity index (χ0) is 16.4. The molecule has 0 radical (unpaired) electrons. The van der Waals surface area contributed by atoms with E-state index in [2.05, 4.69) is 9.05 Å². The molecule has 1 unspecified atom stereocenters. The van der Waals surface area contributed by atoms with Gasteiger partial charge in [-0.3, -0.25) is 33.7 Å². The smallest absolute Gasteiger partial charge is 0.371 e. The summed E-state index contributed by atoms with van der Waals surface area (Å²) >= 11 is 0. The normalized spacial score (nSPS) is 14.4. The monoisotopic (exact) mass is 358 g/mol. The van der Waals surface area contributed by atoms with Crippen LogP contribution < -0.4 is 0 Å². The van der Waals surface area contributed by atoms with Crippen LogP contribution >= 0.6 is 15.6 Å². The number of phosphoric acid groups is 2. The van der Waals surface area contributed by atoms with E-state index in [4.69, 9.17) is 24.1 Å². The summed E-state index contributed by atoms with van der Waals surface area (Å²) < 4.78 is 57.5. The van der Waals surface area contributed by atoms with Crippen molar-refractivity contribution in [2.75, 3.05) is 0 Å². The lowest BCUT2D eigenvalue weighted by molar-refractivity contribution is -0.142. The molecule has 1 atom stereocenters. The second-order valence-corrected chi connectivity index (χ2v) is 6.99. The Balaban J connectivity index is 5.13. The number of hydrogen-bond acceptors (Lipinski definition) is 8. The number of hydrogen-bond donors (Lipinski definition) is 5. The summed E-state index contributed by atoms with van der Waals surface area (Å²) in [5, 5.41) is -2.82. The largest absolute Gasteiger partial charge is 0.527 e. The molecule has 0 aliphatic carbocycles. The number of phosphoric ester groups is 2. The zero-order valence-corrected chi connectivity index (χ0v) is 11.7. The molecule has 13 nitrogen and oxygen atoms in total. The quantitative estimate of drug-likeness (QED) is 0.254. The highest BCUT2D eigenvalue weighted by molar-refractivity contribution is 7.87. The Hall–Kier alpha value is -0.850. The summed E-state index contributed by atoms with van der Waals surface area (Å²) in [6, 6.07) is 0. The maximum Gasteiger partial charge on any atom is 0.527 e. The first kappa shape index (κ1) is 19.1. The summed E-state index contributed by atoms with van der Waals surface area (Å²) in [6.45, 7) is 0. The third-order valence-electron chi connectivity index (χ3n) is 1.40. The fourth-order valence-electron chi connectivity index (χ4n) is 0.808. The second kappa shape index (κ2) is 6.28. The molecule has 0 aliphatic rings. The Morgan fingerprint density at radius 1 is 1.00 bits per heavy atom. The van der Waals surface area contributed by atoms with Crippen molar-refractivity contribution >= 4 is 37.7 Å². The van der Waals surface area contributed by atoms with E-state index in [9.17, 15) is 27.1 Å². The van der Waals surface area contributed by atoms with E-state index in [1.165, 1.54) is 0 Å². The summed E-state index contributed by atoms with van der Waals surface area (Å²) in [5.41, 5.74) is 0. The van der Waals surface area contributed by atoms with Crippen LogP contribution in [0.15, 0.2) is 0 Å². The van der Waals surface area contributed by atoms with Gasteiger partial charge in [-0.25, -0.2) is 9.13 Å². The first-order chi connectivity index (χ1) is 8.62. The van der Waals surface area contributed by atoms with Crippen molar-refractivity contribution < 1.29 is 60.3 Å². The predicted octanol–water partition coefficient (Wildman–Crippen LogP) is -2.10. The molecule has 0 heterocycles. The molecule has 0 aromatic carbocycles. The first-order valence-electron chi connectivity index (χ1n) is 4.15. The van der Waals surface area contributed by atoms with Crippen molar-refractivity contribution in [1.29, 1.82) is 0 Å². The Morgan fingerprint density at radius 2 is 1.40 bits per heavy atom. The molecule has 0 rings (SSSR count). The Labute approximate surface area is 110 Å². The minimum Gasteiger partial charge on any atom is -0.371 e. The molecular weight excluding hydrogens is 350 g/mol. The van der Waals surface area contributed by atoms with Crippen LogP contribution in [-0.2, 0) is 37.9 Å².